The van der Waals surface area contributed by atoms with Gasteiger partial charge in [-0.3, -0.25) is 10.1 Å². The third-order valence-electron chi connectivity index (χ3n) is 3.06. The Labute approximate surface area is 116 Å². The first-order chi connectivity index (χ1) is 9.74. The molecule has 20 heavy (non-hydrogen) atoms. The Morgan fingerprint density at radius 2 is 2.15 bits per heavy atom. The van der Waals surface area contributed by atoms with Crippen molar-refractivity contribution < 1.29 is 0 Å². The second kappa shape index (κ2) is 3.91. The molecule has 98 valence electrons. The summed E-state index contributed by atoms with van der Waals surface area (Å²) in [4.78, 5) is 14.9. The van der Waals surface area contributed by atoms with E-state index in [0.717, 1.165) is 5.56 Å². The van der Waals surface area contributed by atoms with E-state index in [0.29, 0.717) is 27.5 Å². The summed E-state index contributed by atoms with van der Waals surface area (Å²) in [7, 11) is 0. The Balaban J connectivity index is 2.14. The monoisotopic (exact) mass is 286 g/mol. The van der Waals surface area contributed by atoms with Crippen molar-refractivity contribution in [3.8, 4) is 11.4 Å². The summed E-state index contributed by atoms with van der Waals surface area (Å²) < 4.78 is 1.41. The molecule has 0 bridgehead atoms. The van der Waals surface area contributed by atoms with E-state index in [1.807, 2.05) is 6.07 Å². The molecule has 0 aliphatic rings. The lowest BCUT2D eigenvalue weighted by atomic mass is 10.2. The van der Waals surface area contributed by atoms with Gasteiger partial charge in [-0.2, -0.15) is 5.10 Å². The number of nitrogens with zero attached hydrogens (tertiary/aromatic N) is 4. The van der Waals surface area contributed by atoms with Crippen LogP contribution in [-0.4, -0.2) is 29.8 Å². The number of nitrogens with one attached hydrogen (secondary N) is 2. The maximum atomic E-state index is 12.2. The Morgan fingerprint density at radius 1 is 1.25 bits per heavy atom. The second-order valence-corrected chi connectivity index (χ2v) is 4.72. The molecule has 3 aromatic heterocycles. The van der Waals surface area contributed by atoms with E-state index < -0.39 is 0 Å². The van der Waals surface area contributed by atoms with Crippen molar-refractivity contribution >= 4 is 28.3 Å². The zero-order valence-corrected chi connectivity index (χ0v) is 10.7. The zero-order chi connectivity index (χ0) is 13.7. The van der Waals surface area contributed by atoms with Gasteiger partial charge in [0.2, 0.25) is 0 Å². The highest BCUT2D eigenvalue weighted by Crippen LogP contribution is 2.22. The molecule has 0 fully saturated rings. The summed E-state index contributed by atoms with van der Waals surface area (Å²) in [5, 5.41) is 16.0. The number of aromatic amines is 2. The summed E-state index contributed by atoms with van der Waals surface area (Å²) in [5.74, 6) is 0.437. The number of hydrogen-bond donors (Lipinski definition) is 2. The SMILES string of the molecule is O=c1[nH]c2[nH]ncc2c2nnc(-c3cccc(Cl)c3)n12. The normalized spacial score (nSPS) is 11.4. The van der Waals surface area contributed by atoms with E-state index >= 15 is 0 Å². The summed E-state index contributed by atoms with van der Waals surface area (Å²) >= 11 is 5.97. The van der Waals surface area contributed by atoms with Gasteiger partial charge in [0.15, 0.2) is 11.5 Å². The lowest BCUT2D eigenvalue weighted by Crippen LogP contribution is -2.17. The minimum absolute atomic E-state index is 0.336. The molecule has 0 aliphatic heterocycles. The molecule has 0 saturated carbocycles. The van der Waals surface area contributed by atoms with Crippen molar-refractivity contribution in [2.45, 2.75) is 0 Å². The summed E-state index contributed by atoms with van der Waals surface area (Å²) in [5.41, 5.74) is 1.36. The van der Waals surface area contributed by atoms with Gasteiger partial charge in [0.05, 0.1) is 11.6 Å². The fourth-order valence-corrected chi connectivity index (χ4v) is 2.37. The summed E-state index contributed by atoms with van der Waals surface area (Å²) in [6.07, 6.45) is 1.59. The maximum absolute atomic E-state index is 12.2. The second-order valence-electron chi connectivity index (χ2n) is 4.28. The van der Waals surface area contributed by atoms with Gasteiger partial charge in [-0.25, -0.2) is 9.20 Å². The molecule has 0 atom stereocenters. The lowest BCUT2D eigenvalue weighted by Gasteiger charge is -2.00. The molecule has 0 radical (unpaired) electrons. The number of rotatable bonds is 1. The smallest absolute Gasteiger partial charge is 0.291 e. The molecule has 8 heteroatoms. The van der Waals surface area contributed by atoms with Crippen LogP contribution < -0.4 is 5.69 Å². The van der Waals surface area contributed by atoms with Gasteiger partial charge in [0.25, 0.3) is 0 Å². The van der Waals surface area contributed by atoms with Crippen LogP contribution in [0.2, 0.25) is 5.02 Å². The van der Waals surface area contributed by atoms with E-state index in [9.17, 15) is 4.79 Å². The molecule has 1 aromatic carbocycles. The predicted molar refractivity (Wildman–Crippen MR) is 73.7 cm³/mol. The molecular formula is C12H7ClN6O. The average molecular weight is 287 g/mol. The van der Waals surface area contributed by atoms with E-state index in [2.05, 4.69) is 25.4 Å². The van der Waals surface area contributed by atoms with Gasteiger partial charge >= 0.3 is 5.69 Å². The van der Waals surface area contributed by atoms with Crippen LogP contribution in [0.5, 0.6) is 0 Å². The molecule has 4 rings (SSSR count). The average Bonchev–Trinajstić information content (AvgIpc) is 3.03. The first-order valence-electron chi connectivity index (χ1n) is 5.80. The van der Waals surface area contributed by atoms with Gasteiger partial charge in [-0.1, -0.05) is 23.7 Å². The van der Waals surface area contributed by atoms with Crippen molar-refractivity contribution in [2.75, 3.05) is 0 Å². The van der Waals surface area contributed by atoms with Crippen LogP contribution >= 0.6 is 11.6 Å². The number of aromatic nitrogens is 6. The van der Waals surface area contributed by atoms with E-state index in [1.165, 1.54) is 4.40 Å². The first kappa shape index (κ1) is 11.2. The quantitative estimate of drug-likeness (QED) is 0.556. The van der Waals surface area contributed by atoms with Crippen LogP contribution in [0.15, 0.2) is 35.3 Å². The third-order valence-corrected chi connectivity index (χ3v) is 3.30. The fraction of sp³-hybridized carbons (Fsp3) is 0. The Bertz CT molecular complexity index is 998. The van der Waals surface area contributed by atoms with Crippen LogP contribution in [0.25, 0.3) is 28.1 Å². The molecule has 0 amide bonds. The van der Waals surface area contributed by atoms with Gasteiger partial charge in [0.1, 0.15) is 5.65 Å². The highest BCUT2D eigenvalue weighted by Gasteiger charge is 2.15. The number of hydrogen-bond acceptors (Lipinski definition) is 4. The number of H-pyrrole nitrogens is 2. The number of benzene rings is 1. The Kier molecular flexibility index (Phi) is 2.19. The first-order valence-corrected chi connectivity index (χ1v) is 6.18. The van der Waals surface area contributed by atoms with Crippen molar-refractivity contribution in [1.29, 1.82) is 0 Å². The summed E-state index contributed by atoms with van der Waals surface area (Å²) in [6, 6.07) is 7.11. The Morgan fingerprint density at radius 3 is 3.00 bits per heavy atom. The molecule has 0 saturated heterocycles. The van der Waals surface area contributed by atoms with Crippen LogP contribution in [0.1, 0.15) is 0 Å². The maximum Gasteiger partial charge on any atom is 0.334 e. The van der Waals surface area contributed by atoms with E-state index in [1.54, 1.807) is 24.4 Å². The molecular weight excluding hydrogens is 280 g/mol. The number of fused-ring (bicyclic) bond motifs is 3. The fourth-order valence-electron chi connectivity index (χ4n) is 2.18. The topological polar surface area (TPSA) is 91.7 Å². The van der Waals surface area contributed by atoms with Crippen LogP contribution in [0.3, 0.4) is 0 Å². The lowest BCUT2D eigenvalue weighted by molar-refractivity contribution is 1.01. The largest absolute Gasteiger partial charge is 0.334 e. The number of halogens is 1. The molecule has 0 unspecified atom stereocenters. The van der Waals surface area contributed by atoms with Crippen LogP contribution in [0.4, 0.5) is 0 Å². The van der Waals surface area contributed by atoms with Gasteiger partial charge in [-0.15, -0.1) is 10.2 Å². The standard InChI is InChI=1S/C12H7ClN6O/c13-7-3-1-2-6(4-7)10-17-18-11-8-5-14-16-9(8)15-12(20)19(10)11/h1-5H,(H2,14,15,16,20). The summed E-state index contributed by atoms with van der Waals surface area (Å²) in [6.45, 7) is 0. The highest BCUT2D eigenvalue weighted by molar-refractivity contribution is 6.30. The molecule has 2 N–H and O–H groups in total. The minimum atomic E-state index is -0.336. The molecule has 4 aromatic rings. The molecule has 0 spiro atoms. The van der Waals surface area contributed by atoms with Crippen molar-refractivity contribution in [1.82, 2.24) is 29.8 Å². The van der Waals surface area contributed by atoms with Crippen molar-refractivity contribution in [3.63, 3.8) is 0 Å². The van der Waals surface area contributed by atoms with E-state index in [4.69, 9.17) is 11.6 Å². The minimum Gasteiger partial charge on any atom is -0.291 e. The third kappa shape index (κ3) is 1.47. The van der Waals surface area contributed by atoms with Gasteiger partial charge < -0.3 is 0 Å². The van der Waals surface area contributed by atoms with Crippen molar-refractivity contribution in [3.05, 3.63) is 46.0 Å². The van der Waals surface area contributed by atoms with Gasteiger partial charge in [-0.05, 0) is 12.1 Å². The van der Waals surface area contributed by atoms with E-state index in [-0.39, 0.29) is 5.69 Å². The molecule has 7 nitrogen and oxygen atoms in total. The molecule has 0 aliphatic carbocycles. The molecule has 3 heterocycles. The van der Waals surface area contributed by atoms with Crippen molar-refractivity contribution in [2.24, 2.45) is 0 Å². The Hall–Kier alpha value is -2.67. The zero-order valence-electron chi connectivity index (χ0n) is 9.96. The van der Waals surface area contributed by atoms with Crippen LogP contribution in [0, 0.1) is 0 Å². The predicted octanol–water partition coefficient (Wildman–Crippen LogP) is 1.61. The van der Waals surface area contributed by atoms with Gasteiger partial charge in [0, 0.05) is 10.6 Å². The van der Waals surface area contributed by atoms with Crippen LogP contribution in [-0.2, 0) is 0 Å². The highest BCUT2D eigenvalue weighted by atomic mass is 35.5.